The number of aromatic nitrogens is 2. The van der Waals surface area contributed by atoms with Gasteiger partial charge >= 0.3 is 0 Å². The van der Waals surface area contributed by atoms with Gasteiger partial charge < -0.3 is 8.80 Å². The average Bonchev–Trinajstić information content (AvgIpc) is 3.86. The Labute approximate surface area is 282 Å². The fourth-order valence-corrected chi connectivity index (χ4v) is 8.22. The maximum atomic E-state index is 3.46. The number of aryl methyl sites for hydroxylation is 1. The highest BCUT2D eigenvalue weighted by Crippen LogP contribution is 2.51. The number of hydrogen-bond donors (Lipinski definition) is 0. The van der Waals surface area contributed by atoms with Crippen LogP contribution in [0.25, 0.3) is 76.2 Å². The second-order valence-corrected chi connectivity index (χ2v) is 13.1. The van der Waals surface area contributed by atoms with E-state index in [0.717, 1.165) is 22.3 Å². The Bertz CT molecular complexity index is 3260. The van der Waals surface area contributed by atoms with Crippen molar-refractivity contribution in [2.75, 3.05) is 0 Å². The van der Waals surface area contributed by atoms with Crippen LogP contribution in [0.2, 0.25) is 0 Å². The molecule has 11 aromatic rings. The molecule has 4 heterocycles. The number of hydrogen-bond acceptors (Lipinski definition) is 0. The minimum absolute atomic E-state index is 1.01. The van der Waals surface area contributed by atoms with Crippen molar-refractivity contribution in [1.29, 1.82) is 0 Å². The first-order chi connectivity index (χ1) is 24.2. The highest BCUT2D eigenvalue weighted by atomic mass is 14.9. The second kappa shape index (κ2) is 9.65. The van der Waals surface area contributed by atoms with Crippen molar-refractivity contribution in [1.82, 2.24) is 8.80 Å². The average molecular weight is 619 g/mol. The predicted molar refractivity (Wildman–Crippen MR) is 205 cm³/mol. The Hall–Kier alpha value is -6.74. The van der Waals surface area contributed by atoms with Crippen LogP contribution in [0.1, 0.15) is 27.8 Å². The molecule has 0 fully saturated rings. The Morgan fingerprint density at radius 1 is 0.347 bits per heavy atom. The summed E-state index contributed by atoms with van der Waals surface area (Å²) in [5, 5.41) is 10.3. The third kappa shape index (κ3) is 3.58. The Balaban J connectivity index is 1.31. The van der Waals surface area contributed by atoms with Crippen molar-refractivity contribution in [3.05, 3.63) is 167 Å². The number of para-hydroxylation sites is 1. The van der Waals surface area contributed by atoms with E-state index in [4.69, 9.17) is 0 Å². The molecule has 0 saturated carbocycles. The number of nitrogens with zero attached hydrogens (tertiary/aromatic N) is 2. The van der Waals surface area contributed by atoms with Gasteiger partial charge in [-0.3, -0.25) is 0 Å². The second-order valence-electron chi connectivity index (χ2n) is 13.1. The van der Waals surface area contributed by atoms with Crippen molar-refractivity contribution in [3.63, 3.8) is 0 Å². The summed E-state index contributed by atoms with van der Waals surface area (Å²) < 4.78 is 5.00. The molecule has 7 aromatic carbocycles. The van der Waals surface area contributed by atoms with E-state index in [9.17, 15) is 0 Å². The summed E-state index contributed by atoms with van der Waals surface area (Å²) in [7, 11) is 0. The van der Waals surface area contributed by atoms with Gasteiger partial charge in [-0.15, -0.1) is 0 Å². The summed E-state index contributed by atoms with van der Waals surface area (Å²) in [6.45, 7) is 2.19. The van der Waals surface area contributed by atoms with Gasteiger partial charge in [0, 0.05) is 65.3 Å². The van der Waals surface area contributed by atoms with E-state index in [1.807, 2.05) is 36.4 Å². The largest absolute Gasteiger partial charge is 0.308 e. The van der Waals surface area contributed by atoms with Crippen LogP contribution in [0.15, 0.2) is 140 Å². The molecule has 0 bridgehead atoms. The van der Waals surface area contributed by atoms with Gasteiger partial charge in [0.05, 0.1) is 33.1 Å². The zero-order chi connectivity index (χ0) is 32.2. The molecule has 0 N–H and O–H groups in total. The van der Waals surface area contributed by atoms with Crippen LogP contribution in [0.4, 0.5) is 0 Å². The van der Waals surface area contributed by atoms with Gasteiger partial charge in [-0.25, -0.2) is 0 Å². The lowest BCUT2D eigenvalue weighted by Gasteiger charge is -2.03. The molecule has 0 unspecified atom stereocenters. The monoisotopic (exact) mass is 618 g/mol. The van der Waals surface area contributed by atoms with Crippen LogP contribution in [0.5, 0.6) is 0 Å². The molecule has 0 aliphatic heterocycles. The molecular formula is C47H26N2. The van der Waals surface area contributed by atoms with Crippen molar-refractivity contribution in [2.24, 2.45) is 0 Å². The van der Waals surface area contributed by atoms with E-state index in [-0.39, 0.29) is 0 Å². The van der Waals surface area contributed by atoms with E-state index in [1.165, 1.54) is 81.8 Å². The predicted octanol–water partition coefficient (Wildman–Crippen LogP) is 11.1. The molecule has 224 valence electrons. The van der Waals surface area contributed by atoms with Crippen molar-refractivity contribution < 1.29 is 0 Å². The van der Waals surface area contributed by atoms with Gasteiger partial charge in [-0.05, 0) is 73.2 Å². The fraction of sp³-hybridized carbons (Fsp3) is 0.0213. The smallest absolute Gasteiger partial charge is 0.0634 e. The summed E-state index contributed by atoms with van der Waals surface area (Å²) in [4.78, 5) is 0. The molecule has 0 radical (unpaired) electrons. The zero-order valence-corrected chi connectivity index (χ0v) is 26.7. The van der Waals surface area contributed by atoms with Crippen LogP contribution >= 0.6 is 0 Å². The quantitative estimate of drug-likeness (QED) is 0.150. The van der Waals surface area contributed by atoms with E-state index < -0.39 is 0 Å². The standard InChI is InChI=1S/C47H26N2/c1-29-16-23-35-39(26-29)49-41-28-33(20-18-31-12-6-3-7-13-31)22-25-37(41)44-42-34-14-8-9-15-38(34)48-40-27-32(19-17-30-10-4-2-5-11-30)21-24-36(40)45(46(42)48)43(35)47(44)49/h2-16,21-28H,1H3. The maximum absolute atomic E-state index is 3.46. The molecule has 0 saturated heterocycles. The van der Waals surface area contributed by atoms with E-state index in [1.54, 1.807) is 0 Å². The third-order valence-electron chi connectivity index (χ3n) is 10.2. The highest BCUT2D eigenvalue weighted by Gasteiger charge is 2.28. The summed E-state index contributed by atoms with van der Waals surface area (Å²) in [6, 6.07) is 49.8. The molecule has 4 aromatic heterocycles. The van der Waals surface area contributed by atoms with Gasteiger partial charge in [-0.2, -0.15) is 0 Å². The Morgan fingerprint density at radius 3 is 1.31 bits per heavy atom. The highest BCUT2D eigenvalue weighted by molar-refractivity contribution is 6.45. The topological polar surface area (TPSA) is 8.82 Å². The minimum Gasteiger partial charge on any atom is -0.308 e. The molecule has 0 aliphatic rings. The first-order valence-corrected chi connectivity index (χ1v) is 16.7. The molecule has 0 aliphatic carbocycles. The summed E-state index contributed by atoms with van der Waals surface area (Å²) in [5.74, 6) is 13.7. The third-order valence-corrected chi connectivity index (χ3v) is 10.2. The first kappa shape index (κ1) is 26.3. The Kier molecular flexibility index (Phi) is 5.19. The molecule has 0 spiro atoms. The lowest BCUT2D eigenvalue weighted by Crippen LogP contribution is -1.83. The SMILES string of the molecule is Cc1ccc2c3c4c5ccc(C#Cc6ccccc6)cc5n5c6ccccc6c(c6c7ccc(C#Cc8ccccc8)cc7n(c2c1)c36)c45. The van der Waals surface area contributed by atoms with Crippen molar-refractivity contribution in [2.45, 2.75) is 6.92 Å². The van der Waals surface area contributed by atoms with Crippen LogP contribution < -0.4 is 0 Å². The minimum atomic E-state index is 1.01. The summed E-state index contributed by atoms with van der Waals surface area (Å²) in [6.07, 6.45) is 0. The first-order valence-electron chi connectivity index (χ1n) is 16.7. The number of fused-ring (bicyclic) bond motifs is 14. The van der Waals surface area contributed by atoms with Crippen LogP contribution in [0.3, 0.4) is 0 Å². The summed E-state index contributed by atoms with van der Waals surface area (Å²) in [5.41, 5.74) is 12.7. The molecule has 2 heteroatoms. The van der Waals surface area contributed by atoms with Gasteiger partial charge in [0.2, 0.25) is 0 Å². The molecule has 0 atom stereocenters. The van der Waals surface area contributed by atoms with Crippen LogP contribution in [-0.4, -0.2) is 8.80 Å². The van der Waals surface area contributed by atoms with Gasteiger partial charge in [0.25, 0.3) is 0 Å². The van der Waals surface area contributed by atoms with Crippen LogP contribution in [-0.2, 0) is 0 Å². The molecule has 49 heavy (non-hydrogen) atoms. The zero-order valence-electron chi connectivity index (χ0n) is 26.7. The Morgan fingerprint density at radius 2 is 0.755 bits per heavy atom. The van der Waals surface area contributed by atoms with Gasteiger partial charge in [0.15, 0.2) is 0 Å². The van der Waals surface area contributed by atoms with E-state index >= 15 is 0 Å². The lowest BCUT2D eigenvalue weighted by molar-refractivity contribution is 1.35. The van der Waals surface area contributed by atoms with E-state index in [2.05, 4.69) is 143 Å². The number of rotatable bonds is 0. The maximum Gasteiger partial charge on any atom is 0.0634 e. The van der Waals surface area contributed by atoms with Gasteiger partial charge in [-0.1, -0.05) is 103 Å². The van der Waals surface area contributed by atoms with Crippen molar-refractivity contribution >= 4 is 76.2 Å². The number of benzene rings is 7. The van der Waals surface area contributed by atoms with Crippen LogP contribution in [0, 0.1) is 30.6 Å². The summed E-state index contributed by atoms with van der Waals surface area (Å²) >= 11 is 0. The van der Waals surface area contributed by atoms with Gasteiger partial charge in [0.1, 0.15) is 0 Å². The normalized spacial score (nSPS) is 11.9. The van der Waals surface area contributed by atoms with E-state index in [0.29, 0.717) is 0 Å². The lowest BCUT2D eigenvalue weighted by atomic mass is 9.97. The molecular weight excluding hydrogens is 593 g/mol. The fourth-order valence-electron chi connectivity index (χ4n) is 8.22. The van der Waals surface area contributed by atoms with Crippen molar-refractivity contribution in [3.8, 4) is 23.7 Å². The molecule has 11 rings (SSSR count). The molecule has 2 nitrogen and oxygen atoms in total. The molecule has 0 amide bonds.